The van der Waals surface area contributed by atoms with Gasteiger partial charge in [-0.25, -0.2) is 12.8 Å². The lowest BCUT2D eigenvalue weighted by Crippen LogP contribution is -2.34. The first-order chi connectivity index (χ1) is 9.72. The summed E-state index contributed by atoms with van der Waals surface area (Å²) >= 11 is 0. The van der Waals surface area contributed by atoms with Crippen LogP contribution in [0.3, 0.4) is 0 Å². The highest BCUT2D eigenvalue weighted by atomic mass is 32.2. The number of nitrogens with one attached hydrogen (secondary N) is 1. The second-order valence-electron chi connectivity index (χ2n) is 5.49. The predicted octanol–water partition coefficient (Wildman–Crippen LogP) is 0.734. The van der Waals surface area contributed by atoms with Crippen LogP contribution in [0.1, 0.15) is 24.8 Å². The number of aliphatic hydroxyl groups is 2. The predicted molar refractivity (Wildman–Crippen MR) is 77.8 cm³/mol. The Balaban J connectivity index is 2.25. The number of aryl methyl sites for hydroxylation is 1. The Kier molecular flexibility index (Phi) is 4.14. The fourth-order valence-electron chi connectivity index (χ4n) is 2.26. The van der Waals surface area contributed by atoms with Gasteiger partial charge in [-0.2, -0.15) is 0 Å². The number of halogens is 1. The van der Waals surface area contributed by atoms with Gasteiger partial charge in [0.25, 0.3) is 0 Å². The van der Waals surface area contributed by atoms with Crippen molar-refractivity contribution in [3.63, 3.8) is 0 Å². The van der Waals surface area contributed by atoms with Crippen molar-refractivity contribution in [2.45, 2.75) is 37.0 Å². The molecule has 0 bridgehead atoms. The molecule has 0 heterocycles. The van der Waals surface area contributed by atoms with E-state index < -0.39 is 33.3 Å². The summed E-state index contributed by atoms with van der Waals surface area (Å²) < 4.78 is 39.7. The number of hydrogen-bond donors (Lipinski definition) is 4. The number of aliphatic hydroxyl groups excluding tert-OH is 2. The summed E-state index contributed by atoms with van der Waals surface area (Å²) in [5, 5.41) is 18.3. The molecule has 118 valence electrons. The van der Waals surface area contributed by atoms with Crippen molar-refractivity contribution in [3.8, 4) is 0 Å². The van der Waals surface area contributed by atoms with Gasteiger partial charge in [0, 0.05) is 0 Å². The number of benzene rings is 1. The highest BCUT2D eigenvalue weighted by Crippen LogP contribution is 2.48. The molecule has 0 saturated heterocycles. The van der Waals surface area contributed by atoms with Gasteiger partial charge in [0.15, 0.2) is 5.82 Å². The molecule has 0 aliphatic heterocycles. The second-order valence-corrected chi connectivity index (χ2v) is 7.56. The lowest BCUT2D eigenvalue weighted by atomic mass is 10.2. The van der Waals surface area contributed by atoms with E-state index in [2.05, 4.69) is 4.72 Å². The molecule has 1 aliphatic rings. The topological polar surface area (TPSA) is 113 Å². The molecule has 5 N–H and O–H groups in total. The molecule has 0 radical (unpaired) electrons. The molecule has 1 aromatic carbocycles. The maximum atomic E-state index is 13.7. The van der Waals surface area contributed by atoms with Gasteiger partial charge in [-0.3, -0.25) is 4.72 Å². The molecular formula is C13H19FN2O4S. The van der Waals surface area contributed by atoms with Gasteiger partial charge in [-0.15, -0.1) is 0 Å². The first kappa shape index (κ1) is 16.0. The van der Waals surface area contributed by atoms with Gasteiger partial charge < -0.3 is 15.9 Å². The van der Waals surface area contributed by atoms with E-state index in [0.29, 0.717) is 18.4 Å². The Morgan fingerprint density at radius 3 is 2.62 bits per heavy atom. The summed E-state index contributed by atoms with van der Waals surface area (Å²) in [5.41, 5.74) is 5.65. The van der Waals surface area contributed by atoms with E-state index in [1.54, 1.807) is 0 Å². The Bertz CT molecular complexity index is 644. The number of nitrogen functional groups attached to an aromatic ring is 1. The largest absolute Gasteiger partial charge is 0.395 e. The van der Waals surface area contributed by atoms with Crippen molar-refractivity contribution < 1.29 is 23.0 Å². The molecule has 1 atom stereocenters. The minimum Gasteiger partial charge on any atom is -0.395 e. The number of hydrogen-bond acceptors (Lipinski definition) is 5. The minimum absolute atomic E-state index is 0.0112. The molecule has 2 rings (SSSR count). The van der Waals surface area contributed by atoms with Crippen molar-refractivity contribution in [3.05, 3.63) is 23.5 Å². The molecule has 0 amide bonds. The summed E-state index contributed by atoms with van der Waals surface area (Å²) in [4.78, 5) is 0. The van der Waals surface area contributed by atoms with E-state index in [9.17, 15) is 17.9 Å². The number of nitrogens with two attached hydrogens (primary N) is 1. The highest BCUT2D eigenvalue weighted by molar-refractivity contribution is 7.94. The summed E-state index contributed by atoms with van der Waals surface area (Å²) in [6.07, 6.45) is -0.398. The lowest BCUT2D eigenvalue weighted by Gasteiger charge is -2.20. The van der Waals surface area contributed by atoms with Gasteiger partial charge in [0.2, 0.25) is 10.0 Å². The zero-order valence-electron chi connectivity index (χ0n) is 11.6. The van der Waals surface area contributed by atoms with Gasteiger partial charge >= 0.3 is 0 Å². The van der Waals surface area contributed by atoms with E-state index in [-0.39, 0.29) is 17.8 Å². The minimum atomic E-state index is -3.83. The summed E-state index contributed by atoms with van der Waals surface area (Å²) in [6.45, 7) is 1.03. The van der Waals surface area contributed by atoms with Crippen LogP contribution in [-0.2, 0) is 10.0 Å². The van der Waals surface area contributed by atoms with E-state index in [1.165, 1.54) is 19.1 Å². The Hall–Kier alpha value is -1.38. The summed E-state index contributed by atoms with van der Waals surface area (Å²) in [5.74, 6) is -0.657. The second kappa shape index (κ2) is 5.43. The quantitative estimate of drug-likeness (QED) is 0.578. The van der Waals surface area contributed by atoms with Crippen LogP contribution in [0, 0.1) is 12.7 Å². The van der Waals surface area contributed by atoms with Gasteiger partial charge in [0.1, 0.15) is 0 Å². The fraction of sp³-hybridized carbons (Fsp3) is 0.538. The number of rotatable bonds is 6. The average molecular weight is 318 g/mol. The molecule has 21 heavy (non-hydrogen) atoms. The first-order valence-electron chi connectivity index (χ1n) is 6.58. The van der Waals surface area contributed by atoms with E-state index >= 15 is 0 Å². The smallest absolute Gasteiger partial charge is 0.238 e. The van der Waals surface area contributed by atoms with Gasteiger partial charge in [-0.05, 0) is 37.8 Å². The Morgan fingerprint density at radius 1 is 1.48 bits per heavy atom. The molecule has 0 spiro atoms. The normalized spacial score (nSPS) is 18.3. The van der Waals surface area contributed by atoms with Crippen molar-refractivity contribution in [1.82, 2.24) is 0 Å². The molecule has 1 aliphatic carbocycles. The molecule has 1 fully saturated rings. The van der Waals surface area contributed by atoms with Crippen molar-refractivity contribution in [2.24, 2.45) is 0 Å². The van der Waals surface area contributed by atoms with E-state index in [1.807, 2.05) is 0 Å². The molecule has 8 heteroatoms. The standard InChI is InChI=1S/C13H19FN2O4S/c1-8-2-3-10(12(15)11(8)14)16-21(19,20)13(4-5-13)6-9(18)7-17/h2-3,9,16-18H,4-7,15H2,1H3. The zero-order chi connectivity index (χ0) is 15.8. The third-order valence-corrected chi connectivity index (χ3v) is 6.02. The van der Waals surface area contributed by atoms with Crippen LogP contribution in [-0.4, -0.2) is 36.1 Å². The molecule has 6 nitrogen and oxygen atoms in total. The Labute approximate surface area is 122 Å². The van der Waals surface area contributed by atoms with Crippen LogP contribution in [0.15, 0.2) is 12.1 Å². The highest BCUT2D eigenvalue weighted by Gasteiger charge is 2.55. The van der Waals surface area contributed by atoms with Gasteiger partial charge in [0.05, 0.1) is 28.8 Å². The maximum Gasteiger partial charge on any atom is 0.238 e. The third kappa shape index (κ3) is 2.97. The fourth-order valence-corrected chi connectivity index (χ4v) is 4.00. The first-order valence-corrected chi connectivity index (χ1v) is 8.06. The van der Waals surface area contributed by atoms with Crippen molar-refractivity contribution in [1.29, 1.82) is 0 Å². The van der Waals surface area contributed by atoms with E-state index in [0.717, 1.165) is 0 Å². The molecule has 1 unspecified atom stereocenters. The molecule has 1 saturated carbocycles. The molecule has 1 aromatic rings. The maximum absolute atomic E-state index is 13.7. The third-order valence-electron chi connectivity index (χ3n) is 3.81. The lowest BCUT2D eigenvalue weighted by molar-refractivity contribution is 0.0858. The van der Waals surface area contributed by atoms with Gasteiger partial charge in [-0.1, -0.05) is 6.07 Å². The average Bonchev–Trinajstić information content (AvgIpc) is 3.20. The number of anilines is 2. The van der Waals surface area contributed by atoms with Crippen molar-refractivity contribution in [2.75, 3.05) is 17.1 Å². The zero-order valence-corrected chi connectivity index (χ0v) is 12.5. The van der Waals surface area contributed by atoms with Crippen LogP contribution in [0.4, 0.5) is 15.8 Å². The Morgan fingerprint density at radius 2 is 2.10 bits per heavy atom. The van der Waals surface area contributed by atoms with E-state index in [4.69, 9.17) is 10.8 Å². The van der Waals surface area contributed by atoms with Crippen LogP contribution >= 0.6 is 0 Å². The molecular weight excluding hydrogens is 299 g/mol. The van der Waals surface area contributed by atoms with Crippen LogP contribution in [0.2, 0.25) is 0 Å². The summed E-state index contributed by atoms with van der Waals surface area (Å²) in [7, 11) is -3.83. The van der Waals surface area contributed by atoms with Crippen LogP contribution < -0.4 is 10.5 Å². The number of sulfonamides is 1. The van der Waals surface area contributed by atoms with Crippen molar-refractivity contribution >= 4 is 21.4 Å². The monoisotopic (exact) mass is 318 g/mol. The van der Waals surface area contributed by atoms with Crippen LogP contribution in [0.5, 0.6) is 0 Å². The summed E-state index contributed by atoms with van der Waals surface area (Å²) in [6, 6.07) is 2.84. The SMILES string of the molecule is Cc1ccc(NS(=O)(=O)C2(CC(O)CO)CC2)c(N)c1F. The molecule has 0 aromatic heterocycles. The van der Waals surface area contributed by atoms with Crippen LogP contribution in [0.25, 0.3) is 0 Å².